The Balaban J connectivity index is 1.83. The Morgan fingerprint density at radius 2 is 1.82 bits per heavy atom. The molecule has 2 aliphatic carbocycles. The van der Waals surface area contributed by atoms with E-state index in [1.165, 1.54) is 0 Å². The molecule has 0 unspecified atom stereocenters. The molecule has 1 nitrogen and oxygen atoms in total. The molecule has 2 saturated carbocycles. The van der Waals surface area contributed by atoms with Crippen LogP contribution in [0, 0.1) is 11.3 Å². The van der Waals surface area contributed by atoms with Crippen LogP contribution in [0.5, 0.6) is 0 Å². The summed E-state index contributed by atoms with van der Waals surface area (Å²) in [4.78, 5) is 0. The summed E-state index contributed by atoms with van der Waals surface area (Å²) in [5.74, 6) is -2.08. The zero-order valence-electron chi connectivity index (χ0n) is 6.32. The van der Waals surface area contributed by atoms with Crippen molar-refractivity contribution < 1.29 is 13.9 Å². The molecule has 0 aromatic rings. The van der Waals surface area contributed by atoms with Crippen molar-refractivity contribution in [2.75, 3.05) is 6.61 Å². The maximum Gasteiger partial charge on any atom is 0.249 e. The minimum Gasteiger partial charge on any atom is -0.396 e. The number of hydrogen-bond acceptors (Lipinski definition) is 1. The zero-order valence-corrected chi connectivity index (χ0v) is 6.32. The molecule has 0 aromatic carbocycles. The summed E-state index contributed by atoms with van der Waals surface area (Å²) in [6.07, 6.45) is 1.77. The second-order valence-electron chi connectivity index (χ2n) is 4.17. The van der Waals surface area contributed by atoms with Crippen LogP contribution in [0.3, 0.4) is 0 Å². The van der Waals surface area contributed by atoms with Gasteiger partial charge in [-0.1, -0.05) is 0 Å². The summed E-state index contributed by atoms with van der Waals surface area (Å²) < 4.78 is 24.8. The Labute approximate surface area is 64.4 Å². The van der Waals surface area contributed by atoms with E-state index in [2.05, 4.69) is 0 Å². The molecule has 64 valence electrons. The van der Waals surface area contributed by atoms with Gasteiger partial charge in [0.1, 0.15) is 0 Å². The van der Waals surface area contributed by atoms with E-state index in [0.29, 0.717) is 5.92 Å². The van der Waals surface area contributed by atoms with Crippen molar-refractivity contribution in [2.45, 2.75) is 31.6 Å². The zero-order chi connectivity index (χ0) is 8.11. The maximum absolute atomic E-state index is 12.4. The summed E-state index contributed by atoms with van der Waals surface area (Å²) in [6, 6.07) is 0. The molecule has 0 heterocycles. The molecule has 2 rings (SSSR count). The van der Waals surface area contributed by atoms with Crippen LogP contribution in [0.25, 0.3) is 0 Å². The minimum absolute atomic E-state index is 0.0586. The van der Waals surface area contributed by atoms with Gasteiger partial charge in [-0.05, 0) is 24.2 Å². The van der Waals surface area contributed by atoms with Gasteiger partial charge in [0.2, 0.25) is 5.92 Å². The molecule has 2 aliphatic rings. The molecule has 0 bridgehead atoms. The third kappa shape index (κ3) is 1.06. The third-order valence-corrected chi connectivity index (χ3v) is 2.97. The summed E-state index contributed by atoms with van der Waals surface area (Å²) in [7, 11) is 0. The van der Waals surface area contributed by atoms with E-state index in [1.807, 2.05) is 0 Å². The number of halogens is 2. The van der Waals surface area contributed by atoms with Crippen molar-refractivity contribution in [3.05, 3.63) is 0 Å². The Bertz CT molecular complexity index is 163. The SMILES string of the molecule is OCC1CC2(C1)CC(F)(F)C2. The van der Waals surface area contributed by atoms with Crippen molar-refractivity contribution in [3.8, 4) is 0 Å². The topological polar surface area (TPSA) is 20.2 Å². The van der Waals surface area contributed by atoms with Crippen molar-refractivity contribution in [3.63, 3.8) is 0 Å². The van der Waals surface area contributed by atoms with Crippen LogP contribution < -0.4 is 0 Å². The van der Waals surface area contributed by atoms with E-state index < -0.39 is 5.92 Å². The molecular weight excluding hydrogens is 150 g/mol. The first-order valence-corrected chi connectivity index (χ1v) is 4.04. The Kier molecular flexibility index (Phi) is 1.32. The average molecular weight is 162 g/mol. The largest absolute Gasteiger partial charge is 0.396 e. The fourth-order valence-corrected chi connectivity index (χ4v) is 2.63. The third-order valence-electron chi connectivity index (χ3n) is 2.97. The standard InChI is InChI=1S/C8H12F2O/c9-8(10)4-7(5-8)1-6(2-7)3-11/h6,11H,1-5H2. The lowest BCUT2D eigenvalue weighted by Crippen LogP contribution is -2.54. The Morgan fingerprint density at radius 3 is 2.18 bits per heavy atom. The van der Waals surface area contributed by atoms with Gasteiger partial charge in [-0.2, -0.15) is 0 Å². The van der Waals surface area contributed by atoms with E-state index >= 15 is 0 Å². The Morgan fingerprint density at radius 1 is 1.27 bits per heavy atom. The fourth-order valence-electron chi connectivity index (χ4n) is 2.63. The molecule has 1 spiro atoms. The molecule has 0 saturated heterocycles. The van der Waals surface area contributed by atoms with Gasteiger partial charge in [-0.25, -0.2) is 8.78 Å². The molecule has 2 fully saturated rings. The van der Waals surface area contributed by atoms with Crippen molar-refractivity contribution in [1.29, 1.82) is 0 Å². The van der Waals surface area contributed by atoms with Crippen LogP contribution >= 0.6 is 0 Å². The second-order valence-corrected chi connectivity index (χ2v) is 4.17. The van der Waals surface area contributed by atoms with Crippen LogP contribution in [0.1, 0.15) is 25.7 Å². The van der Waals surface area contributed by atoms with Crippen molar-refractivity contribution >= 4 is 0 Å². The fraction of sp³-hybridized carbons (Fsp3) is 1.00. The van der Waals surface area contributed by atoms with Crippen LogP contribution in [-0.4, -0.2) is 17.6 Å². The molecule has 0 aromatic heterocycles. The first kappa shape index (κ1) is 7.47. The molecule has 1 N–H and O–H groups in total. The summed E-state index contributed by atoms with van der Waals surface area (Å²) in [5.41, 5.74) is -0.0586. The smallest absolute Gasteiger partial charge is 0.249 e. The quantitative estimate of drug-likeness (QED) is 0.623. The van der Waals surface area contributed by atoms with E-state index in [0.717, 1.165) is 12.8 Å². The van der Waals surface area contributed by atoms with Gasteiger partial charge in [0.05, 0.1) is 0 Å². The predicted molar refractivity (Wildman–Crippen MR) is 36.4 cm³/mol. The number of aliphatic hydroxyl groups excluding tert-OH is 1. The highest BCUT2D eigenvalue weighted by Crippen LogP contribution is 2.64. The highest BCUT2D eigenvalue weighted by atomic mass is 19.3. The van der Waals surface area contributed by atoms with Gasteiger partial charge in [0.25, 0.3) is 0 Å². The van der Waals surface area contributed by atoms with Crippen LogP contribution in [0.2, 0.25) is 0 Å². The monoisotopic (exact) mass is 162 g/mol. The summed E-state index contributed by atoms with van der Waals surface area (Å²) in [6.45, 7) is 0.174. The highest BCUT2D eigenvalue weighted by Gasteiger charge is 2.61. The molecule has 11 heavy (non-hydrogen) atoms. The van der Waals surface area contributed by atoms with E-state index in [4.69, 9.17) is 5.11 Å². The van der Waals surface area contributed by atoms with Crippen LogP contribution in [-0.2, 0) is 0 Å². The lowest BCUT2D eigenvalue weighted by Gasteiger charge is -2.57. The van der Waals surface area contributed by atoms with Gasteiger partial charge in [0, 0.05) is 19.4 Å². The van der Waals surface area contributed by atoms with Gasteiger partial charge in [0.15, 0.2) is 0 Å². The van der Waals surface area contributed by atoms with Gasteiger partial charge < -0.3 is 5.11 Å². The average Bonchev–Trinajstić information content (AvgIpc) is 1.75. The first-order chi connectivity index (χ1) is 5.05. The lowest BCUT2D eigenvalue weighted by molar-refractivity contribution is -0.210. The highest BCUT2D eigenvalue weighted by molar-refractivity contribution is 5.06. The Hall–Kier alpha value is -0.180. The summed E-state index contributed by atoms with van der Waals surface area (Å²) >= 11 is 0. The van der Waals surface area contributed by atoms with Crippen LogP contribution in [0.4, 0.5) is 8.78 Å². The van der Waals surface area contributed by atoms with Crippen LogP contribution in [0.15, 0.2) is 0 Å². The van der Waals surface area contributed by atoms with E-state index in [1.54, 1.807) is 0 Å². The van der Waals surface area contributed by atoms with Gasteiger partial charge >= 0.3 is 0 Å². The molecule has 0 amide bonds. The van der Waals surface area contributed by atoms with Crippen molar-refractivity contribution in [1.82, 2.24) is 0 Å². The molecule has 0 radical (unpaired) electrons. The molecule has 3 heteroatoms. The number of aliphatic hydroxyl groups is 1. The number of alkyl halides is 2. The molecule has 0 aliphatic heterocycles. The molecule has 0 atom stereocenters. The van der Waals surface area contributed by atoms with Gasteiger partial charge in [-0.3, -0.25) is 0 Å². The number of rotatable bonds is 1. The second kappa shape index (κ2) is 1.94. The number of hydrogen-bond donors (Lipinski definition) is 1. The lowest BCUT2D eigenvalue weighted by atomic mass is 9.50. The summed E-state index contributed by atoms with van der Waals surface area (Å²) in [5, 5.41) is 8.68. The van der Waals surface area contributed by atoms with Gasteiger partial charge in [-0.15, -0.1) is 0 Å². The molecular formula is C8H12F2O. The normalized spacial score (nSPS) is 33.0. The predicted octanol–water partition coefficient (Wildman–Crippen LogP) is 1.80. The first-order valence-electron chi connectivity index (χ1n) is 4.04. The minimum atomic E-state index is -2.39. The van der Waals surface area contributed by atoms with Crippen molar-refractivity contribution in [2.24, 2.45) is 11.3 Å². The van der Waals surface area contributed by atoms with E-state index in [-0.39, 0.29) is 24.9 Å². The van der Waals surface area contributed by atoms with E-state index in [9.17, 15) is 8.78 Å². The maximum atomic E-state index is 12.4.